The molecule has 0 aliphatic heterocycles. The number of rotatable bonds is 9. The molecule has 1 N–H and O–H groups in total. The third-order valence-electron chi connectivity index (χ3n) is 4.80. The molecule has 0 spiro atoms. The predicted octanol–water partition coefficient (Wildman–Crippen LogP) is 6.28. The van der Waals surface area contributed by atoms with Crippen LogP contribution in [0.2, 0.25) is 0 Å². The molecule has 3 aromatic rings. The molecule has 0 aliphatic carbocycles. The Morgan fingerprint density at radius 2 is 1.22 bits per heavy atom. The van der Waals surface area contributed by atoms with Crippen LogP contribution in [0.4, 0.5) is 5.69 Å². The molecular weight excluding hydrogens is 330 g/mol. The van der Waals surface area contributed by atoms with E-state index in [0.717, 1.165) is 36.1 Å². The Morgan fingerprint density at radius 3 is 1.96 bits per heavy atom. The van der Waals surface area contributed by atoms with Gasteiger partial charge in [-0.1, -0.05) is 79.6 Å². The van der Waals surface area contributed by atoms with E-state index in [1.165, 1.54) is 24.8 Å². The second-order valence-electron chi connectivity index (χ2n) is 6.88. The van der Waals surface area contributed by atoms with Gasteiger partial charge in [-0.15, -0.1) is 0 Å². The summed E-state index contributed by atoms with van der Waals surface area (Å²) in [5.41, 5.74) is 4.17. The van der Waals surface area contributed by atoms with Crippen molar-refractivity contribution in [2.45, 2.75) is 38.5 Å². The van der Waals surface area contributed by atoms with Gasteiger partial charge in [-0.3, -0.25) is 4.79 Å². The second-order valence-corrected chi connectivity index (χ2v) is 6.88. The Bertz CT molecular complexity index is 827. The standard InChI is InChI=1S/C25H27NO/c27-25(26-23-18-9-4-10-19-23)24-20-12-11-17-22(24)16-8-2-1-5-13-21-14-6-3-7-15-21/h3-4,6-7,9-12,14-15,17-20H,1-2,5,8,13,16H2,(H,26,27). The van der Waals surface area contributed by atoms with E-state index in [1.54, 1.807) is 0 Å². The van der Waals surface area contributed by atoms with Crippen LogP contribution in [0.5, 0.6) is 0 Å². The lowest BCUT2D eigenvalue weighted by atomic mass is 9.99. The van der Waals surface area contributed by atoms with Gasteiger partial charge in [0.2, 0.25) is 0 Å². The van der Waals surface area contributed by atoms with Crippen LogP contribution in [-0.2, 0) is 12.8 Å². The monoisotopic (exact) mass is 357 g/mol. The first-order valence-corrected chi connectivity index (χ1v) is 9.81. The van der Waals surface area contributed by atoms with Crippen LogP contribution in [-0.4, -0.2) is 5.91 Å². The zero-order valence-electron chi connectivity index (χ0n) is 15.7. The molecule has 0 aromatic heterocycles. The fraction of sp³-hybridized carbons (Fsp3) is 0.240. The SMILES string of the molecule is O=C(Nc1ccccc1)c1ccccc1CCCCCCc1ccccc1. The number of carbonyl (C=O) groups is 1. The number of hydrogen-bond donors (Lipinski definition) is 1. The smallest absolute Gasteiger partial charge is 0.255 e. The van der Waals surface area contributed by atoms with E-state index in [4.69, 9.17) is 0 Å². The number of carbonyl (C=O) groups excluding carboxylic acids is 1. The first-order valence-electron chi connectivity index (χ1n) is 9.81. The summed E-state index contributed by atoms with van der Waals surface area (Å²) >= 11 is 0. The van der Waals surface area contributed by atoms with E-state index in [1.807, 2.05) is 48.5 Å². The Hall–Kier alpha value is -2.87. The van der Waals surface area contributed by atoms with Gasteiger partial charge in [-0.25, -0.2) is 0 Å². The third-order valence-corrected chi connectivity index (χ3v) is 4.80. The van der Waals surface area contributed by atoms with Crippen LogP contribution >= 0.6 is 0 Å². The third kappa shape index (κ3) is 6.10. The molecule has 3 aromatic carbocycles. The van der Waals surface area contributed by atoms with E-state index in [0.29, 0.717) is 0 Å². The highest BCUT2D eigenvalue weighted by atomic mass is 16.1. The Balaban J connectivity index is 1.45. The van der Waals surface area contributed by atoms with Crippen molar-refractivity contribution >= 4 is 11.6 Å². The molecule has 0 atom stereocenters. The molecular formula is C25H27NO. The van der Waals surface area contributed by atoms with Crippen molar-refractivity contribution in [3.8, 4) is 0 Å². The summed E-state index contributed by atoms with van der Waals surface area (Å²) < 4.78 is 0. The number of para-hydroxylation sites is 1. The van der Waals surface area contributed by atoms with E-state index >= 15 is 0 Å². The molecule has 1 amide bonds. The fourth-order valence-electron chi connectivity index (χ4n) is 3.32. The van der Waals surface area contributed by atoms with E-state index in [9.17, 15) is 4.79 Å². The molecule has 0 unspecified atom stereocenters. The molecule has 0 heterocycles. The van der Waals surface area contributed by atoms with Crippen LogP contribution < -0.4 is 5.32 Å². The van der Waals surface area contributed by atoms with Crippen LogP contribution in [0.1, 0.15) is 47.2 Å². The maximum absolute atomic E-state index is 12.6. The van der Waals surface area contributed by atoms with E-state index in [-0.39, 0.29) is 5.91 Å². The highest BCUT2D eigenvalue weighted by Gasteiger charge is 2.10. The van der Waals surface area contributed by atoms with Crippen LogP contribution in [0.3, 0.4) is 0 Å². The highest BCUT2D eigenvalue weighted by Crippen LogP contribution is 2.16. The van der Waals surface area contributed by atoms with Crippen molar-refractivity contribution in [2.24, 2.45) is 0 Å². The van der Waals surface area contributed by atoms with Crippen LogP contribution in [0, 0.1) is 0 Å². The van der Waals surface area contributed by atoms with Gasteiger partial charge in [0.15, 0.2) is 0 Å². The minimum atomic E-state index is -0.0270. The van der Waals surface area contributed by atoms with Crippen molar-refractivity contribution in [2.75, 3.05) is 5.32 Å². The molecule has 0 saturated carbocycles. The summed E-state index contributed by atoms with van der Waals surface area (Å²) in [5, 5.41) is 2.99. The van der Waals surface area contributed by atoms with Gasteiger partial charge in [0.1, 0.15) is 0 Å². The lowest BCUT2D eigenvalue weighted by molar-refractivity contribution is 0.102. The molecule has 0 bridgehead atoms. The highest BCUT2D eigenvalue weighted by molar-refractivity contribution is 6.05. The largest absolute Gasteiger partial charge is 0.322 e. The summed E-state index contributed by atoms with van der Waals surface area (Å²) in [7, 11) is 0. The van der Waals surface area contributed by atoms with Crippen molar-refractivity contribution in [1.29, 1.82) is 0 Å². The first kappa shape index (κ1) is 18.9. The number of hydrogen-bond acceptors (Lipinski definition) is 1. The van der Waals surface area contributed by atoms with Crippen molar-refractivity contribution in [3.63, 3.8) is 0 Å². The first-order chi connectivity index (χ1) is 13.3. The molecule has 3 rings (SSSR count). The molecule has 2 heteroatoms. The molecule has 138 valence electrons. The maximum Gasteiger partial charge on any atom is 0.255 e. The minimum absolute atomic E-state index is 0.0270. The summed E-state index contributed by atoms with van der Waals surface area (Å²) in [4.78, 5) is 12.6. The lowest BCUT2D eigenvalue weighted by Gasteiger charge is -2.10. The Kier molecular flexibility index (Phi) is 7.23. The van der Waals surface area contributed by atoms with E-state index in [2.05, 4.69) is 41.7 Å². The zero-order valence-corrected chi connectivity index (χ0v) is 15.7. The fourth-order valence-corrected chi connectivity index (χ4v) is 3.32. The summed E-state index contributed by atoms with van der Waals surface area (Å²) in [6, 6.07) is 28.2. The van der Waals surface area contributed by atoms with Gasteiger partial charge in [0.25, 0.3) is 5.91 Å². The van der Waals surface area contributed by atoms with Gasteiger partial charge < -0.3 is 5.32 Å². The van der Waals surface area contributed by atoms with Crippen LogP contribution in [0.15, 0.2) is 84.9 Å². The molecule has 2 nitrogen and oxygen atoms in total. The topological polar surface area (TPSA) is 29.1 Å². The van der Waals surface area contributed by atoms with Crippen molar-refractivity contribution < 1.29 is 4.79 Å². The number of benzene rings is 3. The number of nitrogens with one attached hydrogen (secondary N) is 1. The minimum Gasteiger partial charge on any atom is -0.322 e. The van der Waals surface area contributed by atoms with Crippen LogP contribution in [0.25, 0.3) is 0 Å². The Labute approximate surface area is 162 Å². The molecule has 0 radical (unpaired) electrons. The Morgan fingerprint density at radius 1 is 0.630 bits per heavy atom. The number of anilines is 1. The molecule has 27 heavy (non-hydrogen) atoms. The van der Waals surface area contributed by atoms with Crippen molar-refractivity contribution in [3.05, 3.63) is 102 Å². The van der Waals surface area contributed by atoms with Gasteiger partial charge in [0.05, 0.1) is 0 Å². The quantitative estimate of drug-likeness (QED) is 0.448. The van der Waals surface area contributed by atoms with Crippen molar-refractivity contribution in [1.82, 2.24) is 0 Å². The summed E-state index contributed by atoms with van der Waals surface area (Å²) in [6.45, 7) is 0. The zero-order chi connectivity index (χ0) is 18.7. The number of aryl methyl sites for hydroxylation is 2. The predicted molar refractivity (Wildman–Crippen MR) is 113 cm³/mol. The number of amides is 1. The van der Waals surface area contributed by atoms with Gasteiger partial charge in [0, 0.05) is 11.3 Å². The van der Waals surface area contributed by atoms with Gasteiger partial charge >= 0.3 is 0 Å². The average Bonchev–Trinajstić information content (AvgIpc) is 2.72. The molecule has 0 saturated heterocycles. The summed E-state index contributed by atoms with van der Waals surface area (Å²) in [6.07, 6.45) is 6.86. The van der Waals surface area contributed by atoms with E-state index < -0.39 is 0 Å². The summed E-state index contributed by atoms with van der Waals surface area (Å²) in [5.74, 6) is -0.0270. The van der Waals surface area contributed by atoms with Gasteiger partial charge in [-0.2, -0.15) is 0 Å². The maximum atomic E-state index is 12.6. The molecule has 0 fully saturated rings. The molecule has 0 aliphatic rings. The average molecular weight is 357 g/mol. The second kappa shape index (κ2) is 10.3. The lowest BCUT2D eigenvalue weighted by Crippen LogP contribution is -2.14. The normalized spacial score (nSPS) is 10.5. The van der Waals surface area contributed by atoms with Gasteiger partial charge in [-0.05, 0) is 55.0 Å². The number of unbranched alkanes of at least 4 members (excludes halogenated alkanes) is 3.